The van der Waals surface area contributed by atoms with Crippen LogP contribution in [0.2, 0.25) is 5.02 Å². The topological polar surface area (TPSA) is 80.2 Å². The molecule has 4 rings (SSSR count). The van der Waals surface area contributed by atoms with Gasteiger partial charge in [-0.1, -0.05) is 44.5 Å². The van der Waals surface area contributed by atoms with Gasteiger partial charge in [0.2, 0.25) is 10.0 Å². The second-order valence-corrected chi connectivity index (χ2v) is 12.5. The van der Waals surface area contributed by atoms with Gasteiger partial charge < -0.3 is 9.88 Å². The molecule has 2 saturated carbocycles. The molecule has 0 radical (unpaired) electrons. The Bertz CT molecular complexity index is 1120. The van der Waals surface area contributed by atoms with Crippen molar-refractivity contribution in [3.05, 3.63) is 35.0 Å². The quantitative estimate of drug-likeness (QED) is 0.602. The standard InChI is InChI=1S/C23H32ClN3O3S/c1-22(2)15-9-10-23(3,13-15)21(22)26-20(28)17-14-27(12-6-11-25-31(4,29)30)19-16(17)7-5-8-18(19)24/h5,7-8,14-15,21,25H,6,9-13H2,1-4H3,(H,26,28). The van der Waals surface area contributed by atoms with Gasteiger partial charge in [0.05, 0.1) is 22.4 Å². The number of halogens is 1. The molecule has 1 aromatic carbocycles. The van der Waals surface area contributed by atoms with Crippen LogP contribution in [0.3, 0.4) is 0 Å². The van der Waals surface area contributed by atoms with Crippen molar-refractivity contribution >= 4 is 38.4 Å². The van der Waals surface area contributed by atoms with Crippen LogP contribution in [0.1, 0.15) is 56.8 Å². The van der Waals surface area contributed by atoms with Crippen LogP contribution in [0.25, 0.3) is 10.9 Å². The van der Waals surface area contributed by atoms with Crippen LogP contribution in [-0.2, 0) is 16.6 Å². The molecular formula is C23H32ClN3O3S. The van der Waals surface area contributed by atoms with Gasteiger partial charge in [0, 0.05) is 30.7 Å². The zero-order valence-corrected chi connectivity index (χ0v) is 20.2. The van der Waals surface area contributed by atoms with Crippen molar-refractivity contribution in [3.8, 4) is 0 Å². The average molecular weight is 466 g/mol. The third-order valence-corrected chi connectivity index (χ3v) is 8.61. The number of sulfonamides is 1. The van der Waals surface area contributed by atoms with E-state index in [4.69, 9.17) is 11.6 Å². The highest BCUT2D eigenvalue weighted by atomic mass is 35.5. The maximum absolute atomic E-state index is 13.4. The van der Waals surface area contributed by atoms with Gasteiger partial charge in [-0.25, -0.2) is 13.1 Å². The van der Waals surface area contributed by atoms with E-state index in [-0.39, 0.29) is 22.8 Å². The normalized spacial score (nSPS) is 27.1. The highest BCUT2D eigenvalue weighted by Crippen LogP contribution is 2.62. The average Bonchev–Trinajstić information content (AvgIpc) is 3.29. The van der Waals surface area contributed by atoms with Crippen molar-refractivity contribution in [2.24, 2.45) is 16.7 Å². The van der Waals surface area contributed by atoms with E-state index in [9.17, 15) is 13.2 Å². The molecule has 170 valence electrons. The second kappa shape index (κ2) is 7.78. The van der Waals surface area contributed by atoms with Crippen molar-refractivity contribution in [3.63, 3.8) is 0 Å². The summed E-state index contributed by atoms with van der Waals surface area (Å²) in [5.74, 6) is 0.591. The molecule has 0 aliphatic heterocycles. The van der Waals surface area contributed by atoms with Gasteiger partial charge in [0.15, 0.2) is 0 Å². The van der Waals surface area contributed by atoms with Gasteiger partial charge in [0.25, 0.3) is 5.91 Å². The lowest BCUT2D eigenvalue weighted by atomic mass is 9.68. The zero-order valence-electron chi connectivity index (χ0n) is 18.7. The molecule has 0 saturated heterocycles. The fourth-order valence-electron chi connectivity index (χ4n) is 6.05. The number of hydrogen-bond acceptors (Lipinski definition) is 3. The molecule has 2 aliphatic carbocycles. The van der Waals surface area contributed by atoms with E-state index >= 15 is 0 Å². The highest BCUT2D eigenvalue weighted by Gasteiger charge is 2.59. The molecule has 2 aliphatic rings. The Kier molecular flexibility index (Phi) is 5.68. The Balaban J connectivity index is 1.59. The zero-order chi connectivity index (χ0) is 22.6. The largest absolute Gasteiger partial charge is 0.348 e. The number of rotatable bonds is 7. The Morgan fingerprint density at radius 2 is 2.03 bits per heavy atom. The van der Waals surface area contributed by atoms with Crippen molar-refractivity contribution in [1.29, 1.82) is 0 Å². The predicted molar refractivity (Wildman–Crippen MR) is 125 cm³/mol. The van der Waals surface area contributed by atoms with Gasteiger partial charge in [0.1, 0.15) is 0 Å². The number of amides is 1. The fraction of sp³-hybridized carbons (Fsp3) is 0.609. The maximum Gasteiger partial charge on any atom is 0.253 e. The van der Waals surface area contributed by atoms with E-state index in [0.717, 1.165) is 23.6 Å². The molecule has 8 heteroatoms. The van der Waals surface area contributed by atoms with Crippen molar-refractivity contribution in [2.75, 3.05) is 12.8 Å². The Morgan fingerprint density at radius 3 is 2.68 bits per heavy atom. The van der Waals surface area contributed by atoms with Gasteiger partial charge in [-0.2, -0.15) is 0 Å². The minimum absolute atomic E-state index is 0.0628. The van der Waals surface area contributed by atoms with Crippen LogP contribution in [-0.4, -0.2) is 37.7 Å². The molecule has 1 aromatic heterocycles. The number of aromatic nitrogens is 1. The first-order valence-corrected chi connectivity index (χ1v) is 13.2. The van der Waals surface area contributed by atoms with Gasteiger partial charge >= 0.3 is 0 Å². The number of nitrogens with zero attached hydrogens (tertiary/aromatic N) is 1. The van der Waals surface area contributed by atoms with Gasteiger partial charge in [-0.05, 0) is 48.5 Å². The van der Waals surface area contributed by atoms with Crippen molar-refractivity contribution in [1.82, 2.24) is 14.6 Å². The summed E-state index contributed by atoms with van der Waals surface area (Å²) in [4.78, 5) is 13.4. The van der Waals surface area contributed by atoms with Gasteiger partial charge in [-0.15, -0.1) is 0 Å². The maximum atomic E-state index is 13.4. The van der Waals surface area contributed by atoms with Crippen LogP contribution in [0.4, 0.5) is 0 Å². The summed E-state index contributed by atoms with van der Waals surface area (Å²) in [5.41, 5.74) is 1.66. The minimum atomic E-state index is -3.22. The third-order valence-electron chi connectivity index (χ3n) is 7.58. The SMILES string of the molecule is CC12CCC(C1)C(C)(C)C2NC(=O)c1cn(CCCNS(C)(=O)=O)c2c(Cl)cccc12. The molecule has 3 unspecified atom stereocenters. The summed E-state index contributed by atoms with van der Waals surface area (Å²) in [6.07, 6.45) is 7.17. The number of benzene rings is 1. The summed E-state index contributed by atoms with van der Waals surface area (Å²) < 4.78 is 27.1. The smallest absolute Gasteiger partial charge is 0.253 e. The second-order valence-electron chi connectivity index (χ2n) is 10.2. The Labute approximate surface area is 189 Å². The van der Waals surface area contributed by atoms with E-state index in [0.29, 0.717) is 36.0 Å². The van der Waals surface area contributed by atoms with Crippen molar-refractivity contribution < 1.29 is 13.2 Å². The Hall–Kier alpha value is -1.57. The van der Waals surface area contributed by atoms with E-state index < -0.39 is 10.0 Å². The molecule has 2 fully saturated rings. The van der Waals surface area contributed by atoms with Gasteiger partial charge in [-0.3, -0.25) is 4.79 Å². The number of fused-ring (bicyclic) bond motifs is 3. The number of nitrogens with one attached hydrogen (secondary N) is 2. The molecular weight excluding hydrogens is 434 g/mol. The highest BCUT2D eigenvalue weighted by molar-refractivity contribution is 7.88. The molecule has 2 aromatic rings. The summed E-state index contributed by atoms with van der Waals surface area (Å²) in [7, 11) is -3.22. The first-order chi connectivity index (χ1) is 14.4. The first kappa shape index (κ1) is 22.6. The molecule has 31 heavy (non-hydrogen) atoms. The lowest BCUT2D eigenvalue weighted by Gasteiger charge is -2.43. The van der Waals surface area contributed by atoms with Crippen LogP contribution < -0.4 is 10.0 Å². The summed E-state index contributed by atoms with van der Waals surface area (Å²) in [6.45, 7) is 7.76. The molecule has 1 amide bonds. The third kappa shape index (κ3) is 4.12. The number of aryl methyl sites for hydroxylation is 1. The predicted octanol–water partition coefficient (Wildman–Crippen LogP) is 4.18. The monoisotopic (exact) mass is 465 g/mol. The van der Waals surface area contributed by atoms with E-state index in [1.165, 1.54) is 12.8 Å². The van der Waals surface area contributed by atoms with E-state index in [2.05, 4.69) is 30.8 Å². The summed E-state index contributed by atoms with van der Waals surface area (Å²) in [6, 6.07) is 5.74. The van der Waals surface area contributed by atoms with Crippen molar-refractivity contribution in [2.45, 2.75) is 59.0 Å². The first-order valence-electron chi connectivity index (χ1n) is 11.0. The van der Waals surface area contributed by atoms with Crippen LogP contribution in [0.15, 0.2) is 24.4 Å². The molecule has 3 atom stereocenters. The van der Waals surface area contributed by atoms with E-state index in [1.807, 2.05) is 29.0 Å². The summed E-state index contributed by atoms with van der Waals surface area (Å²) >= 11 is 6.49. The number of carbonyl (C=O) groups excluding carboxylic acids is 1. The molecule has 6 nitrogen and oxygen atoms in total. The van der Waals surface area contributed by atoms with Crippen LogP contribution >= 0.6 is 11.6 Å². The molecule has 2 bridgehead atoms. The summed E-state index contributed by atoms with van der Waals surface area (Å²) in [5, 5.41) is 4.79. The lowest BCUT2D eigenvalue weighted by molar-refractivity contribution is 0.0739. The molecule has 0 spiro atoms. The van der Waals surface area contributed by atoms with E-state index in [1.54, 1.807) is 0 Å². The molecule has 2 N–H and O–H groups in total. The fourth-order valence-corrected chi connectivity index (χ4v) is 6.85. The van der Waals surface area contributed by atoms with Crippen LogP contribution in [0.5, 0.6) is 0 Å². The number of para-hydroxylation sites is 1. The van der Waals surface area contributed by atoms with Crippen LogP contribution in [0, 0.1) is 16.7 Å². The Morgan fingerprint density at radius 1 is 1.29 bits per heavy atom. The minimum Gasteiger partial charge on any atom is -0.348 e. The lowest BCUT2D eigenvalue weighted by Crippen LogP contribution is -2.52. The number of carbonyl (C=O) groups is 1. The molecule has 1 heterocycles. The number of hydrogen-bond donors (Lipinski definition) is 2.